The summed E-state index contributed by atoms with van der Waals surface area (Å²) in [5.74, 6) is 2.28. The lowest BCUT2D eigenvalue weighted by Gasteiger charge is -2.36. The zero-order valence-corrected chi connectivity index (χ0v) is 17.7. The summed E-state index contributed by atoms with van der Waals surface area (Å²) >= 11 is 0. The summed E-state index contributed by atoms with van der Waals surface area (Å²) < 4.78 is 6.14. The van der Waals surface area contributed by atoms with Crippen molar-refractivity contribution in [2.45, 2.75) is 70.3 Å². The molecule has 2 fully saturated rings. The first-order chi connectivity index (χ1) is 14.0. The Balaban J connectivity index is 1.45. The zero-order valence-electron chi connectivity index (χ0n) is 17.7. The molecule has 0 aromatic heterocycles. The van der Waals surface area contributed by atoms with Crippen molar-refractivity contribution in [3.8, 4) is 0 Å². The van der Waals surface area contributed by atoms with Gasteiger partial charge in [0.25, 0.3) is 0 Å². The van der Waals surface area contributed by atoms with E-state index >= 15 is 0 Å². The van der Waals surface area contributed by atoms with Gasteiger partial charge in [0.2, 0.25) is 0 Å². The van der Waals surface area contributed by atoms with Crippen LogP contribution in [-0.4, -0.2) is 11.6 Å². The van der Waals surface area contributed by atoms with Crippen LogP contribution in [0.15, 0.2) is 48.6 Å². The van der Waals surface area contributed by atoms with E-state index in [4.69, 9.17) is 4.74 Å². The van der Waals surface area contributed by atoms with Gasteiger partial charge in [-0.25, -0.2) is 4.79 Å². The van der Waals surface area contributed by atoms with Crippen molar-refractivity contribution in [2.75, 3.05) is 0 Å². The number of hydrogen-bond donors (Lipinski definition) is 0. The second-order valence-corrected chi connectivity index (χ2v) is 9.96. The minimum atomic E-state index is -0.410. The Morgan fingerprint density at radius 3 is 2.41 bits per heavy atom. The van der Waals surface area contributed by atoms with Crippen LogP contribution in [0.5, 0.6) is 0 Å². The molecule has 2 saturated carbocycles. The Labute approximate surface area is 174 Å². The Hall–Kier alpha value is -2.09. The number of carbonyl (C=O) groups is 1. The monoisotopic (exact) mass is 388 g/mol. The highest BCUT2D eigenvalue weighted by molar-refractivity contribution is 6.05. The van der Waals surface area contributed by atoms with Crippen molar-refractivity contribution in [1.29, 1.82) is 0 Å². The molecule has 2 aromatic carbocycles. The highest BCUT2D eigenvalue weighted by Crippen LogP contribution is 2.50. The van der Waals surface area contributed by atoms with E-state index in [9.17, 15) is 4.79 Å². The van der Waals surface area contributed by atoms with Crippen LogP contribution in [0.3, 0.4) is 0 Å². The van der Waals surface area contributed by atoms with E-state index in [1.807, 2.05) is 12.1 Å². The first kappa shape index (κ1) is 18.9. The van der Waals surface area contributed by atoms with Gasteiger partial charge in [-0.05, 0) is 85.6 Å². The maximum absolute atomic E-state index is 13.2. The number of hydrogen-bond acceptors (Lipinski definition) is 2. The van der Waals surface area contributed by atoms with E-state index in [0.29, 0.717) is 23.3 Å². The highest BCUT2D eigenvalue weighted by atomic mass is 16.6. The second-order valence-electron chi connectivity index (χ2n) is 9.96. The topological polar surface area (TPSA) is 26.3 Å². The molecule has 152 valence electrons. The number of benzene rings is 2. The summed E-state index contributed by atoms with van der Waals surface area (Å²) in [6.45, 7) is 4.19. The SMILES string of the molecule is CC(C)(OC(=O)c1cccc2c(C3CC4C=CC3C4)cccc12)C1CCCCC1. The molecule has 3 atom stereocenters. The van der Waals surface area contributed by atoms with Gasteiger partial charge in [0.15, 0.2) is 0 Å². The van der Waals surface area contributed by atoms with Crippen LogP contribution >= 0.6 is 0 Å². The van der Waals surface area contributed by atoms with Crippen molar-refractivity contribution in [3.05, 3.63) is 59.7 Å². The molecular formula is C27H32O2. The Kier molecular flexibility index (Phi) is 4.76. The summed E-state index contributed by atoms with van der Waals surface area (Å²) in [5, 5.41) is 2.27. The van der Waals surface area contributed by atoms with E-state index in [2.05, 4.69) is 50.3 Å². The molecule has 29 heavy (non-hydrogen) atoms. The van der Waals surface area contributed by atoms with Crippen molar-refractivity contribution >= 4 is 16.7 Å². The van der Waals surface area contributed by atoms with E-state index in [0.717, 1.165) is 24.1 Å². The molecule has 3 unspecified atom stereocenters. The Morgan fingerprint density at radius 2 is 1.69 bits per heavy atom. The lowest BCUT2D eigenvalue weighted by molar-refractivity contribution is -0.0382. The van der Waals surface area contributed by atoms with E-state index < -0.39 is 5.60 Å². The Morgan fingerprint density at radius 1 is 0.931 bits per heavy atom. The molecule has 0 saturated heterocycles. The second kappa shape index (κ2) is 7.31. The van der Waals surface area contributed by atoms with Crippen molar-refractivity contribution in [3.63, 3.8) is 0 Å². The number of carbonyl (C=O) groups excluding carboxylic acids is 1. The minimum absolute atomic E-state index is 0.170. The number of fused-ring (bicyclic) bond motifs is 3. The summed E-state index contributed by atoms with van der Waals surface area (Å²) in [4.78, 5) is 13.2. The van der Waals surface area contributed by atoms with Crippen LogP contribution in [0.1, 0.15) is 80.6 Å². The van der Waals surface area contributed by atoms with Crippen LogP contribution in [0.2, 0.25) is 0 Å². The van der Waals surface area contributed by atoms with Crippen LogP contribution < -0.4 is 0 Å². The standard InChI is InChI=1S/C27H32O2/c1-27(2,20-8-4-3-5-9-20)29-26(28)24-13-7-10-21-22(24)11-6-12-23(21)25-17-18-14-15-19(25)16-18/h6-7,10-15,18-20,25H,3-5,8-9,16-17H2,1-2H3. The predicted octanol–water partition coefficient (Wildman–Crippen LogP) is 7.04. The van der Waals surface area contributed by atoms with Gasteiger partial charge >= 0.3 is 5.97 Å². The van der Waals surface area contributed by atoms with Crippen molar-refractivity contribution in [2.24, 2.45) is 17.8 Å². The molecule has 0 aliphatic heterocycles. The molecule has 2 aromatic rings. The summed E-state index contributed by atoms with van der Waals surface area (Å²) in [6, 6.07) is 12.6. The fourth-order valence-corrected chi connectivity index (χ4v) is 6.15. The largest absolute Gasteiger partial charge is 0.456 e. The summed E-state index contributed by atoms with van der Waals surface area (Å²) in [6.07, 6.45) is 13.5. The van der Waals surface area contributed by atoms with Gasteiger partial charge in [0, 0.05) is 0 Å². The fourth-order valence-electron chi connectivity index (χ4n) is 6.15. The first-order valence-corrected chi connectivity index (χ1v) is 11.5. The number of ether oxygens (including phenoxy) is 1. The third-order valence-electron chi connectivity index (χ3n) is 7.80. The molecule has 2 bridgehead atoms. The quantitative estimate of drug-likeness (QED) is 0.415. The van der Waals surface area contributed by atoms with Gasteiger partial charge < -0.3 is 4.74 Å². The normalized spacial score (nSPS) is 26.9. The van der Waals surface area contributed by atoms with E-state index in [-0.39, 0.29) is 5.97 Å². The molecule has 0 radical (unpaired) electrons. The molecule has 3 aliphatic carbocycles. The highest BCUT2D eigenvalue weighted by Gasteiger charge is 2.38. The van der Waals surface area contributed by atoms with Gasteiger partial charge in [-0.15, -0.1) is 0 Å². The third kappa shape index (κ3) is 3.41. The maximum Gasteiger partial charge on any atom is 0.339 e. The third-order valence-corrected chi connectivity index (χ3v) is 7.80. The minimum Gasteiger partial charge on any atom is -0.456 e. The Bertz CT molecular complexity index is 948. The van der Waals surface area contributed by atoms with E-state index in [1.54, 1.807) is 0 Å². The molecule has 2 heteroatoms. The first-order valence-electron chi connectivity index (χ1n) is 11.5. The smallest absolute Gasteiger partial charge is 0.339 e. The average molecular weight is 389 g/mol. The van der Waals surface area contributed by atoms with Crippen LogP contribution in [-0.2, 0) is 4.74 Å². The van der Waals surface area contributed by atoms with Gasteiger partial charge in [0.05, 0.1) is 5.56 Å². The fraction of sp³-hybridized carbons (Fsp3) is 0.519. The predicted molar refractivity (Wildman–Crippen MR) is 118 cm³/mol. The average Bonchev–Trinajstić information content (AvgIpc) is 3.37. The molecule has 0 amide bonds. The van der Waals surface area contributed by atoms with Gasteiger partial charge in [-0.2, -0.15) is 0 Å². The lowest BCUT2D eigenvalue weighted by Crippen LogP contribution is -2.38. The van der Waals surface area contributed by atoms with Gasteiger partial charge in [0.1, 0.15) is 5.60 Å². The number of rotatable bonds is 4. The summed E-state index contributed by atoms with van der Waals surface area (Å²) in [7, 11) is 0. The van der Waals surface area contributed by atoms with Crippen molar-refractivity contribution < 1.29 is 9.53 Å². The maximum atomic E-state index is 13.2. The van der Waals surface area contributed by atoms with Gasteiger partial charge in [-0.3, -0.25) is 0 Å². The summed E-state index contributed by atoms with van der Waals surface area (Å²) in [5.41, 5.74) is 1.71. The number of allylic oxidation sites excluding steroid dienone is 2. The lowest BCUT2D eigenvalue weighted by atomic mass is 9.78. The molecule has 3 aliphatic rings. The molecule has 0 heterocycles. The zero-order chi connectivity index (χ0) is 20.0. The van der Waals surface area contributed by atoms with Gasteiger partial charge in [-0.1, -0.05) is 61.7 Å². The molecular weight excluding hydrogens is 356 g/mol. The molecule has 0 N–H and O–H groups in total. The van der Waals surface area contributed by atoms with Crippen LogP contribution in [0.25, 0.3) is 10.8 Å². The van der Waals surface area contributed by atoms with Crippen LogP contribution in [0.4, 0.5) is 0 Å². The van der Waals surface area contributed by atoms with Crippen LogP contribution in [0, 0.1) is 17.8 Å². The number of esters is 1. The molecule has 5 rings (SSSR count). The molecule has 0 spiro atoms. The van der Waals surface area contributed by atoms with Crippen molar-refractivity contribution in [1.82, 2.24) is 0 Å². The molecule has 2 nitrogen and oxygen atoms in total. The van der Waals surface area contributed by atoms with E-state index in [1.165, 1.54) is 43.1 Å².